The summed E-state index contributed by atoms with van der Waals surface area (Å²) in [6, 6.07) is -0.382. The molecule has 1 unspecified atom stereocenters. The molecular weight excluding hydrogens is 186 g/mol. The summed E-state index contributed by atoms with van der Waals surface area (Å²) in [6.07, 6.45) is 0.585. The molecule has 6 heteroatoms. The predicted octanol–water partition coefficient (Wildman–Crippen LogP) is -1.79. The summed E-state index contributed by atoms with van der Waals surface area (Å²) in [5, 5.41) is 2.78. The average molecular weight is 199 g/mol. The number of hydrogen-bond donors (Lipinski definition) is 2. The average Bonchev–Trinajstić information content (AvgIpc) is 2.12. The van der Waals surface area contributed by atoms with E-state index in [9.17, 15) is 14.4 Å². The van der Waals surface area contributed by atoms with Gasteiger partial charge in [-0.2, -0.15) is 0 Å². The van der Waals surface area contributed by atoms with Crippen LogP contribution in [0.25, 0.3) is 0 Å². The second-order valence-electron chi connectivity index (χ2n) is 3.13. The van der Waals surface area contributed by atoms with Crippen molar-refractivity contribution >= 4 is 17.7 Å². The molecule has 0 radical (unpaired) electrons. The highest BCUT2D eigenvalue weighted by molar-refractivity contribution is 6.03. The van der Waals surface area contributed by atoms with Crippen molar-refractivity contribution in [2.75, 3.05) is 13.1 Å². The van der Waals surface area contributed by atoms with Crippen molar-refractivity contribution in [3.05, 3.63) is 0 Å². The Bertz CT molecular complexity index is 277. The summed E-state index contributed by atoms with van der Waals surface area (Å²) in [5.41, 5.74) is 4.93. The molecule has 0 saturated carbocycles. The molecule has 0 aromatic heterocycles. The third kappa shape index (κ3) is 2.08. The maximum absolute atomic E-state index is 11.5. The molecule has 14 heavy (non-hydrogen) atoms. The van der Waals surface area contributed by atoms with Gasteiger partial charge in [-0.15, -0.1) is 0 Å². The van der Waals surface area contributed by atoms with Crippen LogP contribution in [0.3, 0.4) is 0 Å². The fourth-order valence-corrected chi connectivity index (χ4v) is 1.35. The molecule has 1 atom stereocenters. The highest BCUT2D eigenvalue weighted by atomic mass is 16.2. The summed E-state index contributed by atoms with van der Waals surface area (Å²) < 4.78 is 0. The Morgan fingerprint density at radius 3 is 2.79 bits per heavy atom. The van der Waals surface area contributed by atoms with E-state index in [1.807, 2.05) is 6.92 Å². The van der Waals surface area contributed by atoms with Crippen molar-refractivity contribution in [3.63, 3.8) is 0 Å². The standard InChI is InChI=1S/C8H13N3O3/c1-2-5-8(14)11(4-6(9)12)7(13)3-10-5/h5,10H,2-4H2,1H3,(H2,9,12). The highest BCUT2D eigenvalue weighted by Gasteiger charge is 2.33. The molecule has 0 aliphatic carbocycles. The molecule has 1 rings (SSSR count). The fraction of sp³-hybridized carbons (Fsp3) is 0.625. The first kappa shape index (κ1) is 10.6. The van der Waals surface area contributed by atoms with Crippen molar-refractivity contribution in [1.29, 1.82) is 0 Å². The largest absolute Gasteiger partial charge is 0.368 e. The Hall–Kier alpha value is -1.43. The van der Waals surface area contributed by atoms with Gasteiger partial charge in [0, 0.05) is 0 Å². The summed E-state index contributed by atoms with van der Waals surface area (Å²) in [4.78, 5) is 34.3. The van der Waals surface area contributed by atoms with Gasteiger partial charge in [-0.3, -0.25) is 24.6 Å². The van der Waals surface area contributed by atoms with Gasteiger partial charge in [-0.05, 0) is 6.42 Å². The molecule has 3 N–H and O–H groups in total. The molecular formula is C8H13N3O3. The summed E-state index contributed by atoms with van der Waals surface area (Å²) >= 11 is 0. The van der Waals surface area contributed by atoms with Gasteiger partial charge < -0.3 is 5.73 Å². The lowest BCUT2D eigenvalue weighted by Crippen LogP contribution is -2.59. The number of piperazine rings is 1. The summed E-state index contributed by atoms with van der Waals surface area (Å²) in [7, 11) is 0. The number of hydrogen-bond acceptors (Lipinski definition) is 4. The summed E-state index contributed by atoms with van der Waals surface area (Å²) in [6.45, 7) is 1.58. The van der Waals surface area contributed by atoms with Gasteiger partial charge in [0.15, 0.2) is 0 Å². The van der Waals surface area contributed by atoms with Crippen molar-refractivity contribution in [3.8, 4) is 0 Å². The molecule has 0 aromatic rings. The monoisotopic (exact) mass is 199 g/mol. The quantitative estimate of drug-likeness (QED) is 0.525. The second-order valence-corrected chi connectivity index (χ2v) is 3.13. The minimum atomic E-state index is -0.677. The van der Waals surface area contributed by atoms with E-state index in [0.717, 1.165) is 4.90 Å². The molecule has 6 nitrogen and oxygen atoms in total. The minimum Gasteiger partial charge on any atom is -0.368 e. The molecule has 1 fully saturated rings. The Morgan fingerprint density at radius 1 is 1.64 bits per heavy atom. The van der Waals surface area contributed by atoms with Crippen LogP contribution in [0.15, 0.2) is 0 Å². The number of carbonyl (C=O) groups excluding carboxylic acids is 3. The summed E-state index contributed by atoms with van der Waals surface area (Å²) in [5.74, 6) is -1.45. The van der Waals surface area contributed by atoms with E-state index in [2.05, 4.69) is 5.32 Å². The molecule has 0 aromatic carbocycles. The first-order valence-electron chi connectivity index (χ1n) is 4.42. The van der Waals surface area contributed by atoms with E-state index in [0.29, 0.717) is 6.42 Å². The zero-order valence-corrected chi connectivity index (χ0v) is 7.95. The lowest BCUT2D eigenvalue weighted by Gasteiger charge is -2.29. The number of nitrogens with one attached hydrogen (secondary N) is 1. The number of amides is 3. The number of imide groups is 1. The predicted molar refractivity (Wildman–Crippen MR) is 48.0 cm³/mol. The molecule has 0 bridgehead atoms. The van der Waals surface area contributed by atoms with Crippen molar-refractivity contribution < 1.29 is 14.4 Å². The van der Waals surface area contributed by atoms with Gasteiger partial charge in [0.25, 0.3) is 0 Å². The molecule has 78 valence electrons. The van der Waals surface area contributed by atoms with Gasteiger partial charge in [-0.25, -0.2) is 0 Å². The molecule has 3 amide bonds. The SMILES string of the molecule is CCC1NCC(=O)N(CC(N)=O)C1=O. The lowest BCUT2D eigenvalue weighted by atomic mass is 10.1. The molecule has 1 aliphatic heterocycles. The van der Waals surface area contributed by atoms with E-state index in [-0.39, 0.29) is 25.0 Å². The van der Waals surface area contributed by atoms with E-state index in [1.165, 1.54) is 0 Å². The third-order valence-electron chi connectivity index (χ3n) is 2.09. The van der Waals surface area contributed by atoms with Crippen LogP contribution in [0.5, 0.6) is 0 Å². The number of nitrogens with two attached hydrogens (primary N) is 1. The third-order valence-corrected chi connectivity index (χ3v) is 2.09. The highest BCUT2D eigenvalue weighted by Crippen LogP contribution is 2.05. The van der Waals surface area contributed by atoms with Crippen LogP contribution in [0.4, 0.5) is 0 Å². The Morgan fingerprint density at radius 2 is 2.29 bits per heavy atom. The van der Waals surface area contributed by atoms with E-state index < -0.39 is 11.8 Å². The van der Waals surface area contributed by atoms with Gasteiger partial charge >= 0.3 is 0 Å². The maximum atomic E-state index is 11.5. The lowest BCUT2D eigenvalue weighted by molar-refractivity contribution is -0.151. The molecule has 0 spiro atoms. The number of carbonyl (C=O) groups is 3. The van der Waals surface area contributed by atoms with Gasteiger partial charge in [0.05, 0.1) is 12.6 Å². The molecule has 1 saturated heterocycles. The second kappa shape index (κ2) is 4.19. The maximum Gasteiger partial charge on any atom is 0.246 e. The molecule has 1 aliphatic rings. The van der Waals surface area contributed by atoms with Gasteiger partial charge in [0.1, 0.15) is 6.54 Å². The number of rotatable bonds is 3. The van der Waals surface area contributed by atoms with Crippen LogP contribution in [0, 0.1) is 0 Å². The van der Waals surface area contributed by atoms with Crippen LogP contribution >= 0.6 is 0 Å². The van der Waals surface area contributed by atoms with Crippen molar-refractivity contribution in [1.82, 2.24) is 10.2 Å². The van der Waals surface area contributed by atoms with Crippen LogP contribution in [0.2, 0.25) is 0 Å². The smallest absolute Gasteiger partial charge is 0.246 e. The number of nitrogens with zero attached hydrogens (tertiary/aromatic N) is 1. The van der Waals surface area contributed by atoms with E-state index in [4.69, 9.17) is 5.73 Å². The fourth-order valence-electron chi connectivity index (χ4n) is 1.35. The zero-order valence-electron chi connectivity index (χ0n) is 7.95. The molecule has 1 heterocycles. The first-order valence-corrected chi connectivity index (χ1v) is 4.42. The van der Waals surface area contributed by atoms with Gasteiger partial charge in [0.2, 0.25) is 17.7 Å². The Kier molecular flexibility index (Phi) is 3.19. The Labute approximate surface area is 81.4 Å². The van der Waals surface area contributed by atoms with Crippen molar-refractivity contribution in [2.45, 2.75) is 19.4 Å². The van der Waals surface area contributed by atoms with E-state index >= 15 is 0 Å². The normalized spacial score (nSPS) is 22.6. The zero-order chi connectivity index (χ0) is 10.7. The van der Waals surface area contributed by atoms with Crippen molar-refractivity contribution in [2.24, 2.45) is 5.73 Å². The van der Waals surface area contributed by atoms with Crippen LogP contribution in [0.1, 0.15) is 13.3 Å². The van der Waals surface area contributed by atoms with Gasteiger partial charge in [-0.1, -0.05) is 6.92 Å². The van der Waals surface area contributed by atoms with Crippen LogP contribution in [-0.2, 0) is 14.4 Å². The first-order chi connectivity index (χ1) is 6.56. The minimum absolute atomic E-state index is 0.0809. The van der Waals surface area contributed by atoms with Crippen LogP contribution in [-0.4, -0.2) is 41.8 Å². The topological polar surface area (TPSA) is 92.5 Å². The van der Waals surface area contributed by atoms with E-state index in [1.54, 1.807) is 0 Å². The van der Waals surface area contributed by atoms with Crippen LogP contribution < -0.4 is 11.1 Å². The number of primary amides is 1. The Balaban J connectivity index is 2.73.